The highest BCUT2D eigenvalue weighted by molar-refractivity contribution is 5.92. The summed E-state index contributed by atoms with van der Waals surface area (Å²) in [6, 6.07) is 6.93. The molecule has 1 fully saturated rings. The van der Waals surface area contributed by atoms with Crippen LogP contribution >= 0.6 is 0 Å². The van der Waals surface area contributed by atoms with E-state index in [-0.39, 0.29) is 36.7 Å². The smallest absolute Gasteiger partial charge is 0.416 e. The molecule has 1 N–H and O–H groups in total. The van der Waals surface area contributed by atoms with Crippen LogP contribution in [0.5, 0.6) is 5.75 Å². The molecule has 29 heavy (non-hydrogen) atoms. The van der Waals surface area contributed by atoms with Crippen molar-refractivity contribution in [3.05, 3.63) is 58.9 Å². The molecule has 0 aliphatic carbocycles. The van der Waals surface area contributed by atoms with Crippen LogP contribution in [0.2, 0.25) is 0 Å². The zero-order valence-electron chi connectivity index (χ0n) is 15.2. The molecule has 2 aromatic carbocycles. The number of halogens is 4. The maximum Gasteiger partial charge on any atom is 0.416 e. The largest absolute Gasteiger partial charge is 0.447 e. The fourth-order valence-electron chi connectivity index (χ4n) is 2.77. The molecular formula is C19H16F4N2O4. The number of aryl methyl sites for hydroxylation is 1. The van der Waals surface area contributed by atoms with Crippen molar-refractivity contribution < 1.29 is 36.6 Å². The lowest BCUT2D eigenvalue weighted by Gasteiger charge is -2.21. The summed E-state index contributed by atoms with van der Waals surface area (Å²) in [5.41, 5.74) is -0.581. The van der Waals surface area contributed by atoms with Crippen molar-refractivity contribution in [3.8, 4) is 5.75 Å². The van der Waals surface area contributed by atoms with Gasteiger partial charge in [0.1, 0.15) is 12.4 Å². The number of ether oxygens (including phenoxy) is 2. The number of cyclic esters (lactones) is 1. The van der Waals surface area contributed by atoms with Gasteiger partial charge in [0.15, 0.2) is 5.75 Å². The number of carbonyl (C=O) groups is 2. The van der Waals surface area contributed by atoms with Crippen LogP contribution in [0, 0.1) is 12.7 Å². The minimum absolute atomic E-state index is 0.00430. The van der Waals surface area contributed by atoms with Gasteiger partial charge < -0.3 is 14.8 Å². The number of benzene rings is 2. The predicted octanol–water partition coefficient (Wildman–Crippen LogP) is 4.40. The summed E-state index contributed by atoms with van der Waals surface area (Å²) in [6.07, 6.45) is -6.42. The average molecular weight is 412 g/mol. The van der Waals surface area contributed by atoms with Crippen molar-refractivity contribution in [2.75, 3.05) is 18.1 Å². The van der Waals surface area contributed by atoms with E-state index in [0.29, 0.717) is 5.56 Å². The lowest BCUT2D eigenvalue weighted by atomic mass is 10.1. The number of nitrogens with zero attached hydrogens (tertiary/aromatic N) is 1. The molecule has 2 aromatic rings. The molecule has 0 spiro atoms. The molecule has 3 rings (SSSR count). The molecular weight excluding hydrogens is 396 g/mol. The second kappa shape index (κ2) is 7.98. The molecule has 10 heteroatoms. The Morgan fingerprint density at radius 1 is 1.24 bits per heavy atom. The Labute approximate surface area is 163 Å². The second-order valence-corrected chi connectivity index (χ2v) is 6.27. The van der Waals surface area contributed by atoms with Crippen LogP contribution in [0.15, 0.2) is 36.4 Å². The zero-order chi connectivity index (χ0) is 21.2. The van der Waals surface area contributed by atoms with E-state index in [1.807, 2.05) is 0 Å². The summed E-state index contributed by atoms with van der Waals surface area (Å²) in [5.74, 6) is -0.618. The number of rotatable bonds is 4. The first-order chi connectivity index (χ1) is 13.6. The number of anilines is 1. The van der Waals surface area contributed by atoms with E-state index in [1.165, 1.54) is 31.2 Å². The highest BCUT2D eigenvalue weighted by Gasteiger charge is 2.35. The van der Waals surface area contributed by atoms with Gasteiger partial charge in [0.05, 0.1) is 17.8 Å². The fraction of sp³-hybridized carbons (Fsp3) is 0.263. The second-order valence-electron chi connectivity index (χ2n) is 6.27. The van der Waals surface area contributed by atoms with Crippen LogP contribution < -0.4 is 15.0 Å². The maximum atomic E-state index is 13.2. The van der Waals surface area contributed by atoms with Crippen molar-refractivity contribution in [1.82, 2.24) is 5.32 Å². The van der Waals surface area contributed by atoms with Crippen molar-refractivity contribution in [2.45, 2.75) is 19.6 Å². The molecule has 154 valence electrons. The molecule has 1 saturated heterocycles. The minimum atomic E-state index is -4.65. The SMILES string of the molecule is Cc1cc(C(F)(F)F)cc(N2CCOC2=O)c1OC(=O)NCc1ccc(F)cc1. The van der Waals surface area contributed by atoms with Crippen molar-refractivity contribution >= 4 is 17.9 Å². The zero-order valence-corrected chi connectivity index (χ0v) is 15.2. The number of carbonyl (C=O) groups excluding carboxylic acids is 2. The first kappa shape index (κ1) is 20.4. The highest BCUT2D eigenvalue weighted by atomic mass is 19.4. The first-order valence-electron chi connectivity index (χ1n) is 8.51. The van der Waals surface area contributed by atoms with Gasteiger partial charge in [-0.15, -0.1) is 0 Å². The molecule has 1 heterocycles. The molecule has 6 nitrogen and oxygen atoms in total. The standard InChI is InChI=1S/C19H16F4N2O4/c1-11-8-13(19(21,22)23)9-15(25-6-7-28-18(25)27)16(11)29-17(26)24-10-12-2-4-14(20)5-3-12/h2-5,8-9H,6-7,10H2,1H3,(H,24,26). The quantitative estimate of drug-likeness (QED) is 0.756. The third-order valence-corrected chi connectivity index (χ3v) is 4.18. The van der Waals surface area contributed by atoms with E-state index in [0.717, 1.165) is 17.0 Å². The van der Waals surface area contributed by atoms with Crippen molar-refractivity contribution in [3.63, 3.8) is 0 Å². The van der Waals surface area contributed by atoms with Gasteiger partial charge in [0, 0.05) is 6.54 Å². The number of nitrogens with one attached hydrogen (secondary N) is 1. The molecule has 1 aliphatic heterocycles. The summed E-state index contributed by atoms with van der Waals surface area (Å²) in [6.45, 7) is 1.38. The third kappa shape index (κ3) is 4.76. The van der Waals surface area contributed by atoms with E-state index < -0.39 is 29.7 Å². The normalized spacial score (nSPS) is 14.0. The molecule has 0 unspecified atom stereocenters. The summed E-state index contributed by atoms with van der Waals surface area (Å²) >= 11 is 0. The van der Waals surface area contributed by atoms with Crippen LogP contribution in [0.1, 0.15) is 16.7 Å². The molecule has 0 saturated carbocycles. The summed E-state index contributed by atoms with van der Waals surface area (Å²) < 4.78 is 62.5. The van der Waals surface area contributed by atoms with Gasteiger partial charge >= 0.3 is 18.4 Å². The number of amides is 2. The summed E-state index contributed by atoms with van der Waals surface area (Å²) in [4.78, 5) is 25.0. The highest BCUT2D eigenvalue weighted by Crippen LogP contribution is 2.40. The lowest BCUT2D eigenvalue weighted by Crippen LogP contribution is -2.29. The van der Waals surface area contributed by atoms with Crippen molar-refractivity contribution in [2.24, 2.45) is 0 Å². The number of hydrogen-bond acceptors (Lipinski definition) is 4. The van der Waals surface area contributed by atoms with Crippen LogP contribution in [-0.4, -0.2) is 25.3 Å². The van der Waals surface area contributed by atoms with Gasteiger partial charge in [-0.05, 0) is 42.3 Å². The Hall–Kier alpha value is -3.30. The topological polar surface area (TPSA) is 67.9 Å². The summed E-state index contributed by atoms with van der Waals surface area (Å²) in [7, 11) is 0. The molecule has 1 aliphatic rings. The van der Waals surface area contributed by atoms with E-state index in [1.54, 1.807) is 0 Å². The van der Waals surface area contributed by atoms with Crippen LogP contribution in [0.25, 0.3) is 0 Å². The Kier molecular flexibility index (Phi) is 5.62. The van der Waals surface area contributed by atoms with E-state index in [9.17, 15) is 27.2 Å². The third-order valence-electron chi connectivity index (χ3n) is 4.18. The average Bonchev–Trinajstić information content (AvgIpc) is 3.07. The molecule has 0 atom stereocenters. The van der Waals surface area contributed by atoms with Gasteiger partial charge in [-0.25, -0.2) is 14.0 Å². The fourth-order valence-corrected chi connectivity index (χ4v) is 2.77. The molecule has 0 aromatic heterocycles. The van der Waals surface area contributed by atoms with E-state index >= 15 is 0 Å². The molecule has 2 amide bonds. The summed E-state index contributed by atoms with van der Waals surface area (Å²) in [5, 5.41) is 2.43. The Bertz CT molecular complexity index is 929. The van der Waals surface area contributed by atoms with Gasteiger partial charge in [-0.1, -0.05) is 12.1 Å². The van der Waals surface area contributed by atoms with Gasteiger partial charge in [-0.2, -0.15) is 13.2 Å². The van der Waals surface area contributed by atoms with Gasteiger partial charge in [0.25, 0.3) is 0 Å². The van der Waals surface area contributed by atoms with Gasteiger partial charge in [-0.3, -0.25) is 4.90 Å². The van der Waals surface area contributed by atoms with Crippen LogP contribution in [0.4, 0.5) is 32.8 Å². The monoisotopic (exact) mass is 412 g/mol. The maximum absolute atomic E-state index is 13.2. The van der Waals surface area contributed by atoms with E-state index in [4.69, 9.17) is 9.47 Å². The first-order valence-corrected chi connectivity index (χ1v) is 8.51. The Balaban J connectivity index is 1.84. The lowest BCUT2D eigenvalue weighted by molar-refractivity contribution is -0.137. The number of hydrogen-bond donors (Lipinski definition) is 1. The van der Waals surface area contributed by atoms with Crippen LogP contribution in [0.3, 0.4) is 0 Å². The minimum Gasteiger partial charge on any atom is -0.447 e. The van der Waals surface area contributed by atoms with Crippen LogP contribution in [-0.2, 0) is 17.5 Å². The molecule has 0 radical (unpaired) electrons. The Morgan fingerprint density at radius 2 is 1.93 bits per heavy atom. The number of alkyl halides is 3. The predicted molar refractivity (Wildman–Crippen MR) is 94.1 cm³/mol. The van der Waals surface area contributed by atoms with Gasteiger partial charge in [0.2, 0.25) is 0 Å². The van der Waals surface area contributed by atoms with Crippen molar-refractivity contribution in [1.29, 1.82) is 0 Å². The Morgan fingerprint density at radius 3 is 2.52 bits per heavy atom. The van der Waals surface area contributed by atoms with E-state index in [2.05, 4.69) is 5.32 Å². The molecule has 0 bridgehead atoms.